The van der Waals surface area contributed by atoms with Crippen molar-refractivity contribution in [3.63, 3.8) is 0 Å². The number of aromatic nitrogens is 5. The van der Waals surface area contributed by atoms with Crippen LogP contribution in [-0.2, 0) is 11.2 Å². The number of aromatic amines is 2. The van der Waals surface area contributed by atoms with Gasteiger partial charge in [-0.3, -0.25) is 4.79 Å². The van der Waals surface area contributed by atoms with Gasteiger partial charge in [-0.05, 0) is 37.8 Å². The number of fused-ring (bicyclic) bond motifs is 2. The second kappa shape index (κ2) is 7.78. The summed E-state index contributed by atoms with van der Waals surface area (Å²) in [6.07, 6.45) is 7.66. The molecular formula is C22H25N7O. The first kappa shape index (κ1) is 18.6. The highest BCUT2D eigenvalue weighted by atomic mass is 16.1. The van der Waals surface area contributed by atoms with E-state index in [0.717, 1.165) is 49.2 Å². The van der Waals surface area contributed by atoms with E-state index in [4.69, 9.17) is 0 Å². The highest BCUT2D eigenvalue weighted by molar-refractivity contribution is 5.84. The van der Waals surface area contributed by atoms with E-state index >= 15 is 0 Å². The van der Waals surface area contributed by atoms with Crippen LogP contribution in [0.3, 0.4) is 0 Å². The molecule has 5 rings (SSSR count). The van der Waals surface area contributed by atoms with Gasteiger partial charge in [-0.15, -0.1) is 0 Å². The van der Waals surface area contributed by atoms with Gasteiger partial charge in [0, 0.05) is 42.1 Å². The predicted octanol–water partition coefficient (Wildman–Crippen LogP) is 2.80. The van der Waals surface area contributed by atoms with Crippen molar-refractivity contribution in [3.05, 3.63) is 48.7 Å². The first-order valence-corrected chi connectivity index (χ1v) is 10.4. The number of carbonyl (C=O) groups is 1. The van der Waals surface area contributed by atoms with Gasteiger partial charge in [-0.25, -0.2) is 15.0 Å². The average molecular weight is 403 g/mol. The molecule has 3 aromatic heterocycles. The standard InChI is InChI=1S/C22H25N7O/c1-14(10-16-11-23-18-5-3-2-4-17(16)18)28-22(30)15-6-8-29(9-7-15)21-19-20(25-12-24-19)26-13-27-21/h2-5,11-15,23H,6-10H2,1H3,(H,28,30)(H,24,25,26,27)/t14-/m1/s1. The molecule has 4 heterocycles. The largest absolute Gasteiger partial charge is 0.361 e. The molecule has 4 aromatic rings. The maximum Gasteiger partial charge on any atom is 0.223 e. The van der Waals surface area contributed by atoms with E-state index in [0.29, 0.717) is 5.65 Å². The van der Waals surface area contributed by atoms with E-state index in [9.17, 15) is 4.79 Å². The average Bonchev–Trinajstić information content (AvgIpc) is 3.41. The molecule has 1 saturated heterocycles. The van der Waals surface area contributed by atoms with Gasteiger partial charge in [-0.2, -0.15) is 0 Å². The molecular weight excluding hydrogens is 378 g/mol. The first-order chi connectivity index (χ1) is 14.7. The zero-order chi connectivity index (χ0) is 20.5. The third-order valence-electron chi connectivity index (χ3n) is 5.96. The Morgan fingerprint density at radius 2 is 2.03 bits per heavy atom. The molecule has 30 heavy (non-hydrogen) atoms. The Balaban J connectivity index is 1.18. The number of nitrogens with zero attached hydrogens (tertiary/aromatic N) is 4. The van der Waals surface area contributed by atoms with Gasteiger partial charge in [0.25, 0.3) is 0 Å². The van der Waals surface area contributed by atoms with E-state index in [1.807, 2.05) is 18.3 Å². The zero-order valence-corrected chi connectivity index (χ0v) is 16.9. The zero-order valence-electron chi connectivity index (χ0n) is 16.9. The summed E-state index contributed by atoms with van der Waals surface area (Å²) in [4.78, 5) is 34.3. The molecule has 1 aliphatic rings. The lowest BCUT2D eigenvalue weighted by Crippen LogP contribution is -2.44. The molecule has 0 saturated carbocycles. The third-order valence-corrected chi connectivity index (χ3v) is 5.96. The van der Waals surface area contributed by atoms with Gasteiger partial charge >= 0.3 is 0 Å². The molecule has 8 heteroatoms. The summed E-state index contributed by atoms with van der Waals surface area (Å²) in [6, 6.07) is 8.35. The maximum absolute atomic E-state index is 12.8. The summed E-state index contributed by atoms with van der Waals surface area (Å²) >= 11 is 0. The van der Waals surface area contributed by atoms with Crippen LogP contribution in [-0.4, -0.2) is 50.0 Å². The Morgan fingerprint density at radius 1 is 1.20 bits per heavy atom. The van der Waals surface area contributed by atoms with Crippen LogP contribution in [0.25, 0.3) is 22.1 Å². The molecule has 0 spiro atoms. The van der Waals surface area contributed by atoms with Crippen molar-refractivity contribution in [2.45, 2.75) is 32.2 Å². The molecule has 3 N–H and O–H groups in total. The molecule has 1 atom stereocenters. The fraction of sp³-hybridized carbons (Fsp3) is 0.364. The topological polar surface area (TPSA) is 103 Å². The number of piperidine rings is 1. The molecule has 0 bridgehead atoms. The van der Waals surface area contributed by atoms with Gasteiger partial charge in [0.05, 0.1) is 6.33 Å². The van der Waals surface area contributed by atoms with Crippen LogP contribution in [0, 0.1) is 5.92 Å². The lowest BCUT2D eigenvalue weighted by molar-refractivity contribution is -0.126. The first-order valence-electron chi connectivity index (χ1n) is 10.4. The molecule has 1 aliphatic heterocycles. The number of amides is 1. The lowest BCUT2D eigenvalue weighted by atomic mass is 9.95. The molecule has 0 aliphatic carbocycles. The van der Waals surface area contributed by atoms with E-state index in [2.05, 4.69) is 54.2 Å². The van der Waals surface area contributed by atoms with Crippen LogP contribution in [0.2, 0.25) is 0 Å². The summed E-state index contributed by atoms with van der Waals surface area (Å²) < 4.78 is 0. The minimum absolute atomic E-state index is 0.0331. The van der Waals surface area contributed by atoms with Crippen LogP contribution in [0.15, 0.2) is 43.1 Å². The van der Waals surface area contributed by atoms with Crippen LogP contribution >= 0.6 is 0 Å². The van der Waals surface area contributed by atoms with Gasteiger partial charge in [0.15, 0.2) is 11.5 Å². The number of imidazole rings is 1. The smallest absolute Gasteiger partial charge is 0.223 e. The minimum atomic E-state index is 0.0331. The van der Waals surface area contributed by atoms with Gasteiger partial charge < -0.3 is 20.2 Å². The third kappa shape index (κ3) is 3.49. The molecule has 1 fully saturated rings. The molecule has 1 amide bonds. The van der Waals surface area contributed by atoms with Crippen LogP contribution in [0.1, 0.15) is 25.3 Å². The molecule has 1 aromatic carbocycles. The molecule has 154 valence electrons. The number of hydrogen-bond acceptors (Lipinski definition) is 5. The highest BCUT2D eigenvalue weighted by Gasteiger charge is 2.27. The summed E-state index contributed by atoms with van der Waals surface area (Å²) in [6.45, 7) is 3.66. The minimum Gasteiger partial charge on any atom is -0.361 e. The number of carbonyl (C=O) groups excluding carboxylic acids is 1. The van der Waals surface area contributed by atoms with E-state index in [1.54, 1.807) is 12.7 Å². The Labute approximate surface area is 174 Å². The Kier molecular flexibility index (Phi) is 4.82. The number of H-pyrrole nitrogens is 2. The van der Waals surface area contributed by atoms with E-state index in [1.165, 1.54) is 10.9 Å². The predicted molar refractivity (Wildman–Crippen MR) is 116 cm³/mol. The van der Waals surface area contributed by atoms with Crippen LogP contribution in [0.4, 0.5) is 5.82 Å². The number of benzene rings is 1. The summed E-state index contributed by atoms with van der Waals surface area (Å²) in [7, 11) is 0. The Morgan fingerprint density at radius 3 is 2.90 bits per heavy atom. The Hall–Kier alpha value is -3.42. The number of anilines is 1. The van der Waals surface area contributed by atoms with Crippen molar-refractivity contribution < 1.29 is 4.79 Å². The quantitative estimate of drug-likeness (QED) is 0.476. The molecule has 0 unspecified atom stereocenters. The summed E-state index contributed by atoms with van der Waals surface area (Å²) in [5, 5.41) is 4.44. The van der Waals surface area contributed by atoms with Crippen molar-refractivity contribution in [2.24, 2.45) is 5.92 Å². The van der Waals surface area contributed by atoms with Gasteiger partial charge in [0.1, 0.15) is 11.8 Å². The lowest BCUT2D eigenvalue weighted by Gasteiger charge is -2.32. The van der Waals surface area contributed by atoms with Crippen molar-refractivity contribution in [2.75, 3.05) is 18.0 Å². The fourth-order valence-corrected chi connectivity index (χ4v) is 4.39. The number of para-hydroxylation sites is 1. The number of rotatable bonds is 5. The van der Waals surface area contributed by atoms with Crippen molar-refractivity contribution in [1.82, 2.24) is 30.2 Å². The summed E-state index contributed by atoms with van der Waals surface area (Å²) in [5.41, 5.74) is 3.90. The maximum atomic E-state index is 12.8. The van der Waals surface area contributed by atoms with Crippen molar-refractivity contribution in [3.8, 4) is 0 Å². The summed E-state index contributed by atoms with van der Waals surface area (Å²) in [5.74, 6) is 1.05. The molecule has 8 nitrogen and oxygen atoms in total. The monoisotopic (exact) mass is 403 g/mol. The second-order valence-electron chi connectivity index (χ2n) is 8.03. The number of hydrogen-bond donors (Lipinski definition) is 3. The van der Waals surface area contributed by atoms with Crippen molar-refractivity contribution >= 4 is 33.8 Å². The highest BCUT2D eigenvalue weighted by Crippen LogP contribution is 2.26. The van der Waals surface area contributed by atoms with Crippen LogP contribution < -0.4 is 10.2 Å². The van der Waals surface area contributed by atoms with E-state index < -0.39 is 0 Å². The number of nitrogens with one attached hydrogen (secondary N) is 3. The van der Waals surface area contributed by atoms with E-state index in [-0.39, 0.29) is 17.9 Å². The second-order valence-corrected chi connectivity index (χ2v) is 8.03. The SMILES string of the molecule is C[C@H](Cc1c[nH]c2ccccc12)NC(=O)C1CCN(c2ncnc3nc[nH]c23)CC1. The van der Waals surface area contributed by atoms with Crippen molar-refractivity contribution in [1.29, 1.82) is 0 Å². The Bertz CT molecular complexity index is 1170. The van der Waals surface area contributed by atoms with Crippen LogP contribution in [0.5, 0.6) is 0 Å². The van der Waals surface area contributed by atoms with Gasteiger partial charge in [0.2, 0.25) is 5.91 Å². The molecule has 0 radical (unpaired) electrons. The fourth-order valence-electron chi connectivity index (χ4n) is 4.39. The normalized spacial score (nSPS) is 16.2. The van der Waals surface area contributed by atoms with Gasteiger partial charge in [-0.1, -0.05) is 18.2 Å².